The maximum Gasteiger partial charge on any atom is 0.306 e. The second-order valence-corrected chi connectivity index (χ2v) is 7.36. The van der Waals surface area contributed by atoms with Crippen LogP contribution in [-0.4, -0.2) is 22.7 Å². The third-order valence-corrected chi connectivity index (χ3v) is 5.48. The second kappa shape index (κ2) is 6.95. The van der Waals surface area contributed by atoms with Gasteiger partial charge in [-0.2, -0.15) is 0 Å². The lowest BCUT2D eigenvalue weighted by Gasteiger charge is -2.36. The Bertz CT molecular complexity index is 1060. The van der Waals surface area contributed by atoms with Crippen LogP contribution >= 0.6 is 0 Å². The van der Waals surface area contributed by atoms with Crippen molar-refractivity contribution >= 4 is 22.6 Å². The standard InChI is InChI=1S/C22H23FN2O3/c1-2-9-22(12-18(26)27)21-16(8-10-28-22)19-15(6-7-17(23)20(19)25-21)13-4-3-5-14(24)11-13/h3-7,11,25H,2,8-10,12,24H2,1H3,(H,26,27). The van der Waals surface area contributed by atoms with E-state index in [0.29, 0.717) is 36.3 Å². The van der Waals surface area contributed by atoms with Crippen LogP contribution in [0.25, 0.3) is 22.0 Å². The van der Waals surface area contributed by atoms with E-state index in [4.69, 9.17) is 10.5 Å². The van der Waals surface area contributed by atoms with E-state index in [-0.39, 0.29) is 12.2 Å². The highest BCUT2D eigenvalue weighted by molar-refractivity contribution is 5.99. The van der Waals surface area contributed by atoms with Gasteiger partial charge in [0.1, 0.15) is 11.4 Å². The first-order chi connectivity index (χ1) is 13.4. The van der Waals surface area contributed by atoms with Crippen LogP contribution in [0.1, 0.15) is 37.4 Å². The van der Waals surface area contributed by atoms with E-state index in [2.05, 4.69) is 4.98 Å². The van der Waals surface area contributed by atoms with Gasteiger partial charge in [0.05, 0.1) is 24.2 Å². The lowest BCUT2D eigenvalue weighted by molar-refractivity contribution is -0.149. The van der Waals surface area contributed by atoms with E-state index in [1.807, 2.05) is 31.2 Å². The summed E-state index contributed by atoms with van der Waals surface area (Å²) >= 11 is 0. The fraction of sp³-hybridized carbons (Fsp3) is 0.318. The first-order valence-electron chi connectivity index (χ1n) is 9.50. The highest BCUT2D eigenvalue weighted by Crippen LogP contribution is 2.45. The van der Waals surface area contributed by atoms with Crippen LogP contribution in [0.15, 0.2) is 36.4 Å². The van der Waals surface area contributed by atoms with Crippen molar-refractivity contribution in [2.24, 2.45) is 0 Å². The summed E-state index contributed by atoms with van der Waals surface area (Å²) in [5, 5.41) is 10.3. The Labute approximate surface area is 162 Å². The fourth-order valence-corrected chi connectivity index (χ4v) is 4.42. The molecule has 0 fully saturated rings. The van der Waals surface area contributed by atoms with Gasteiger partial charge in [-0.1, -0.05) is 31.5 Å². The summed E-state index contributed by atoms with van der Waals surface area (Å²) in [7, 11) is 0. The number of carbonyl (C=O) groups is 1. The molecule has 0 bridgehead atoms. The molecule has 6 heteroatoms. The normalized spacial score (nSPS) is 18.9. The molecule has 146 valence electrons. The van der Waals surface area contributed by atoms with Crippen molar-refractivity contribution in [3.63, 3.8) is 0 Å². The zero-order chi connectivity index (χ0) is 19.9. The Morgan fingerprint density at radius 2 is 2.18 bits per heavy atom. The molecule has 0 spiro atoms. The van der Waals surface area contributed by atoms with Crippen LogP contribution in [0.4, 0.5) is 10.1 Å². The molecule has 0 saturated carbocycles. The Morgan fingerprint density at radius 3 is 2.89 bits per heavy atom. The number of fused-ring (bicyclic) bond motifs is 3. The first kappa shape index (κ1) is 18.5. The molecule has 5 nitrogen and oxygen atoms in total. The minimum atomic E-state index is -0.966. The van der Waals surface area contributed by atoms with Gasteiger partial charge in [-0.3, -0.25) is 4.79 Å². The van der Waals surface area contributed by atoms with Gasteiger partial charge in [0, 0.05) is 11.1 Å². The number of halogens is 1. The molecule has 2 heterocycles. The average molecular weight is 382 g/mol. The molecule has 1 aliphatic rings. The predicted molar refractivity (Wildman–Crippen MR) is 107 cm³/mol. The highest BCUT2D eigenvalue weighted by Gasteiger charge is 2.42. The number of H-pyrrole nitrogens is 1. The molecule has 1 unspecified atom stereocenters. The van der Waals surface area contributed by atoms with Gasteiger partial charge in [-0.05, 0) is 47.7 Å². The molecule has 1 aliphatic heterocycles. The molecule has 3 aromatic rings. The largest absolute Gasteiger partial charge is 0.481 e. The van der Waals surface area contributed by atoms with Crippen molar-refractivity contribution in [3.05, 3.63) is 53.5 Å². The number of ether oxygens (including phenoxy) is 1. The molecule has 0 amide bonds. The molecule has 4 N–H and O–H groups in total. The van der Waals surface area contributed by atoms with Crippen molar-refractivity contribution in [1.29, 1.82) is 0 Å². The Kier molecular flexibility index (Phi) is 4.59. The van der Waals surface area contributed by atoms with Crippen LogP contribution in [-0.2, 0) is 21.6 Å². The van der Waals surface area contributed by atoms with E-state index in [0.717, 1.165) is 28.5 Å². The molecular weight excluding hydrogens is 359 g/mol. The van der Waals surface area contributed by atoms with Crippen LogP contribution < -0.4 is 5.73 Å². The van der Waals surface area contributed by atoms with E-state index >= 15 is 0 Å². The quantitative estimate of drug-likeness (QED) is 0.563. The Morgan fingerprint density at radius 1 is 1.36 bits per heavy atom. The number of nitrogen functional groups attached to an aromatic ring is 1. The Hall–Kier alpha value is -2.86. The SMILES string of the molecule is CCCC1(CC(=O)O)OCCc2c1[nH]c1c(F)ccc(-c3cccc(N)c3)c21. The number of nitrogens with one attached hydrogen (secondary N) is 1. The van der Waals surface area contributed by atoms with Crippen LogP contribution in [0.2, 0.25) is 0 Å². The minimum absolute atomic E-state index is 0.157. The zero-order valence-electron chi connectivity index (χ0n) is 15.7. The highest BCUT2D eigenvalue weighted by atomic mass is 19.1. The average Bonchev–Trinajstić information content (AvgIpc) is 3.04. The molecule has 0 aliphatic carbocycles. The summed E-state index contributed by atoms with van der Waals surface area (Å²) in [5.41, 5.74) is 9.42. The second-order valence-electron chi connectivity index (χ2n) is 7.36. The molecule has 0 radical (unpaired) electrons. The van der Waals surface area contributed by atoms with Gasteiger partial charge in [0.25, 0.3) is 0 Å². The number of aromatic amines is 1. The van der Waals surface area contributed by atoms with Crippen molar-refractivity contribution in [2.75, 3.05) is 12.3 Å². The molecule has 4 rings (SSSR count). The van der Waals surface area contributed by atoms with E-state index < -0.39 is 11.6 Å². The van der Waals surface area contributed by atoms with Crippen LogP contribution in [0.5, 0.6) is 0 Å². The third-order valence-electron chi connectivity index (χ3n) is 5.48. The number of aliphatic carboxylic acids is 1. The predicted octanol–water partition coefficient (Wildman–Crippen LogP) is 4.60. The molecule has 1 aromatic heterocycles. The number of carboxylic acids is 1. The lowest BCUT2D eigenvalue weighted by atomic mass is 9.84. The van der Waals surface area contributed by atoms with Gasteiger partial charge >= 0.3 is 5.97 Å². The molecule has 2 aromatic carbocycles. The summed E-state index contributed by atoms with van der Waals surface area (Å²) in [6.45, 7) is 2.39. The maximum atomic E-state index is 14.7. The number of benzene rings is 2. The van der Waals surface area contributed by atoms with E-state index in [1.54, 1.807) is 6.07 Å². The molecular formula is C22H23FN2O3. The number of carboxylic acid groups (broad SMARTS) is 1. The summed E-state index contributed by atoms with van der Waals surface area (Å²) in [4.78, 5) is 14.8. The van der Waals surface area contributed by atoms with Crippen molar-refractivity contribution in [1.82, 2.24) is 4.98 Å². The van der Waals surface area contributed by atoms with E-state index in [1.165, 1.54) is 6.07 Å². The Balaban J connectivity index is 2.01. The van der Waals surface area contributed by atoms with Crippen LogP contribution in [0, 0.1) is 5.82 Å². The maximum absolute atomic E-state index is 14.7. The first-order valence-corrected chi connectivity index (χ1v) is 9.50. The number of aromatic nitrogens is 1. The summed E-state index contributed by atoms with van der Waals surface area (Å²) in [5.74, 6) is -1.30. The lowest BCUT2D eigenvalue weighted by Crippen LogP contribution is -2.37. The number of nitrogens with two attached hydrogens (primary N) is 1. The third kappa shape index (κ3) is 2.94. The van der Waals surface area contributed by atoms with Crippen molar-refractivity contribution in [2.45, 2.75) is 38.2 Å². The van der Waals surface area contributed by atoms with E-state index in [9.17, 15) is 14.3 Å². The number of anilines is 1. The van der Waals surface area contributed by atoms with Gasteiger partial charge in [-0.15, -0.1) is 0 Å². The van der Waals surface area contributed by atoms with Gasteiger partial charge in [0.2, 0.25) is 0 Å². The minimum Gasteiger partial charge on any atom is -0.481 e. The number of hydrogen-bond donors (Lipinski definition) is 3. The van der Waals surface area contributed by atoms with Gasteiger partial charge in [0.15, 0.2) is 0 Å². The van der Waals surface area contributed by atoms with Crippen LogP contribution in [0.3, 0.4) is 0 Å². The molecule has 1 atom stereocenters. The zero-order valence-corrected chi connectivity index (χ0v) is 15.7. The topological polar surface area (TPSA) is 88.3 Å². The van der Waals surface area contributed by atoms with Gasteiger partial charge < -0.3 is 20.6 Å². The monoisotopic (exact) mass is 382 g/mol. The smallest absolute Gasteiger partial charge is 0.306 e. The number of rotatable bonds is 5. The summed E-state index contributed by atoms with van der Waals surface area (Å²) < 4.78 is 20.8. The summed E-state index contributed by atoms with van der Waals surface area (Å²) in [6.07, 6.45) is 1.75. The molecule has 28 heavy (non-hydrogen) atoms. The van der Waals surface area contributed by atoms with Crippen molar-refractivity contribution < 1.29 is 19.0 Å². The van der Waals surface area contributed by atoms with Gasteiger partial charge in [-0.25, -0.2) is 4.39 Å². The summed E-state index contributed by atoms with van der Waals surface area (Å²) in [6, 6.07) is 10.7. The van der Waals surface area contributed by atoms with Crippen molar-refractivity contribution in [3.8, 4) is 11.1 Å². The number of hydrogen-bond acceptors (Lipinski definition) is 3. The fourth-order valence-electron chi connectivity index (χ4n) is 4.42. The molecule has 0 saturated heterocycles.